The summed E-state index contributed by atoms with van der Waals surface area (Å²) in [5.41, 5.74) is 2.27. The summed E-state index contributed by atoms with van der Waals surface area (Å²) < 4.78 is 0. The second-order valence-electron chi connectivity index (χ2n) is 6.10. The molecule has 2 aliphatic heterocycles. The Morgan fingerprint density at radius 3 is 2.46 bits per heavy atom. The van der Waals surface area contributed by atoms with E-state index >= 15 is 0 Å². The average molecular weight is 336 g/mol. The van der Waals surface area contributed by atoms with Crippen molar-refractivity contribution in [2.75, 3.05) is 13.2 Å². The molecule has 1 atom stereocenters. The van der Waals surface area contributed by atoms with Gasteiger partial charge in [0.15, 0.2) is 0 Å². The number of fused-ring (bicyclic) bond motifs is 1. The number of hydrogen-bond acceptors (Lipinski definition) is 4. The molecule has 0 bridgehead atoms. The molecule has 2 aliphatic rings. The highest BCUT2D eigenvalue weighted by Gasteiger charge is 2.28. The van der Waals surface area contributed by atoms with Gasteiger partial charge in [0, 0.05) is 24.2 Å². The minimum atomic E-state index is -0.551. The molecule has 4 rings (SSSR count). The normalized spacial score (nSPS) is 18.8. The SMILES string of the molecule is OC(C1=CN2CN(Cc3ccccc3)CC=C2S1)c1ccccc1. The smallest absolute Gasteiger partial charge is 0.112 e. The summed E-state index contributed by atoms with van der Waals surface area (Å²) in [4.78, 5) is 5.63. The van der Waals surface area contributed by atoms with Gasteiger partial charge in [-0.3, -0.25) is 4.90 Å². The van der Waals surface area contributed by atoms with Crippen LogP contribution in [0.3, 0.4) is 0 Å². The standard InChI is InChI=1S/C20H20N2OS/c23-20(17-9-5-2-6-10-17)18-14-22-15-21(12-11-19(22)24-18)13-16-7-3-1-4-8-16/h1-11,14,20,23H,12-13,15H2. The average Bonchev–Trinajstić information content (AvgIpc) is 3.06. The molecule has 0 spiro atoms. The zero-order valence-electron chi connectivity index (χ0n) is 13.4. The van der Waals surface area contributed by atoms with Crippen LogP contribution >= 0.6 is 11.8 Å². The van der Waals surface area contributed by atoms with Gasteiger partial charge >= 0.3 is 0 Å². The fraction of sp³-hybridized carbons (Fsp3) is 0.200. The highest BCUT2D eigenvalue weighted by molar-refractivity contribution is 8.06. The predicted molar refractivity (Wildman–Crippen MR) is 98.7 cm³/mol. The van der Waals surface area contributed by atoms with Gasteiger partial charge in [-0.15, -0.1) is 0 Å². The van der Waals surface area contributed by atoms with Gasteiger partial charge in [0.2, 0.25) is 0 Å². The predicted octanol–water partition coefficient (Wildman–Crippen LogP) is 3.92. The van der Waals surface area contributed by atoms with E-state index in [-0.39, 0.29) is 0 Å². The molecular weight excluding hydrogens is 316 g/mol. The van der Waals surface area contributed by atoms with E-state index in [0.29, 0.717) is 0 Å². The Bertz CT molecular complexity index is 758. The molecule has 2 aromatic carbocycles. The van der Waals surface area contributed by atoms with Crippen LogP contribution < -0.4 is 0 Å². The Morgan fingerprint density at radius 2 is 1.71 bits per heavy atom. The van der Waals surface area contributed by atoms with E-state index in [0.717, 1.165) is 30.2 Å². The van der Waals surface area contributed by atoms with Crippen LogP contribution in [0.5, 0.6) is 0 Å². The van der Waals surface area contributed by atoms with E-state index in [4.69, 9.17) is 0 Å². The van der Waals surface area contributed by atoms with Crippen molar-refractivity contribution in [1.29, 1.82) is 0 Å². The first-order valence-electron chi connectivity index (χ1n) is 8.15. The third-order valence-electron chi connectivity index (χ3n) is 4.30. The number of aliphatic hydroxyl groups is 1. The monoisotopic (exact) mass is 336 g/mol. The number of nitrogens with zero attached hydrogens (tertiary/aromatic N) is 2. The topological polar surface area (TPSA) is 26.7 Å². The van der Waals surface area contributed by atoms with Crippen LogP contribution in [0.4, 0.5) is 0 Å². The maximum atomic E-state index is 10.6. The van der Waals surface area contributed by atoms with Crippen molar-refractivity contribution in [3.05, 3.63) is 94.0 Å². The summed E-state index contributed by atoms with van der Waals surface area (Å²) in [6.45, 7) is 2.74. The van der Waals surface area contributed by atoms with Crippen LogP contribution in [0.2, 0.25) is 0 Å². The Hall–Kier alpha value is -2.01. The molecule has 24 heavy (non-hydrogen) atoms. The van der Waals surface area contributed by atoms with Crippen molar-refractivity contribution in [1.82, 2.24) is 9.80 Å². The van der Waals surface area contributed by atoms with E-state index in [9.17, 15) is 5.11 Å². The number of hydrogen-bond donors (Lipinski definition) is 1. The maximum Gasteiger partial charge on any atom is 0.112 e. The van der Waals surface area contributed by atoms with E-state index < -0.39 is 6.10 Å². The Kier molecular flexibility index (Phi) is 4.43. The number of aliphatic hydroxyl groups excluding tert-OH is 1. The molecule has 0 saturated heterocycles. The molecule has 0 aliphatic carbocycles. The van der Waals surface area contributed by atoms with E-state index in [1.165, 1.54) is 10.6 Å². The minimum Gasteiger partial charge on any atom is -0.383 e. The molecule has 0 fully saturated rings. The van der Waals surface area contributed by atoms with E-state index in [1.54, 1.807) is 11.8 Å². The van der Waals surface area contributed by atoms with Crippen LogP contribution in [0.1, 0.15) is 17.2 Å². The summed E-state index contributed by atoms with van der Waals surface area (Å²) >= 11 is 1.68. The van der Waals surface area contributed by atoms with E-state index in [1.807, 2.05) is 30.3 Å². The first-order valence-corrected chi connectivity index (χ1v) is 8.97. The first-order chi connectivity index (χ1) is 11.8. The van der Waals surface area contributed by atoms with Crippen molar-refractivity contribution in [2.24, 2.45) is 0 Å². The highest BCUT2D eigenvalue weighted by Crippen LogP contribution is 2.43. The van der Waals surface area contributed by atoms with Gasteiger partial charge in [0.25, 0.3) is 0 Å². The molecule has 2 heterocycles. The van der Waals surface area contributed by atoms with Crippen LogP contribution in [0.25, 0.3) is 0 Å². The molecule has 0 saturated carbocycles. The second-order valence-corrected chi connectivity index (χ2v) is 7.19. The Balaban J connectivity index is 1.46. The summed E-state index contributed by atoms with van der Waals surface area (Å²) in [5, 5.41) is 11.8. The summed E-state index contributed by atoms with van der Waals surface area (Å²) in [6, 6.07) is 20.4. The Labute approximate surface area is 146 Å². The Morgan fingerprint density at radius 1 is 1.00 bits per heavy atom. The van der Waals surface area contributed by atoms with Crippen molar-refractivity contribution in [2.45, 2.75) is 12.6 Å². The highest BCUT2D eigenvalue weighted by atomic mass is 32.2. The molecule has 0 amide bonds. The molecule has 3 nitrogen and oxygen atoms in total. The lowest BCUT2D eigenvalue weighted by Crippen LogP contribution is -2.36. The van der Waals surface area contributed by atoms with Gasteiger partial charge in [-0.1, -0.05) is 72.4 Å². The van der Waals surface area contributed by atoms with Crippen LogP contribution in [0, 0.1) is 0 Å². The molecule has 1 N–H and O–H groups in total. The van der Waals surface area contributed by atoms with Crippen LogP contribution in [0.15, 0.2) is 82.9 Å². The fourth-order valence-corrected chi connectivity index (χ4v) is 4.11. The van der Waals surface area contributed by atoms with Gasteiger partial charge in [-0.2, -0.15) is 0 Å². The lowest BCUT2D eigenvalue weighted by molar-refractivity contribution is 0.192. The zero-order valence-corrected chi connectivity index (χ0v) is 14.2. The van der Waals surface area contributed by atoms with Gasteiger partial charge < -0.3 is 10.0 Å². The molecule has 1 unspecified atom stereocenters. The lowest BCUT2D eigenvalue weighted by atomic mass is 10.1. The van der Waals surface area contributed by atoms with Gasteiger partial charge in [0.1, 0.15) is 6.10 Å². The minimum absolute atomic E-state index is 0.551. The summed E-state index contributed by atoms with van der Waals surface area (Å²) in [6.07, 6.45) is 3.79. The van der Waals surface area contributed by atoms with Crippen molar-refractivity contribution < 1.29 is 5.11 Å². The number of rotatable bonds is 4. The summed E-state index contributed by atoms with van der Waals surface area (Å²) in [5.74, 6) is 0. The second kappa shape index (κ2) is 6.85. The maximum absolute atomic E-state index is 10.6. The van der Waals surface area contributed by atoms with Crippen molar-refractivity contribution >= 4 is 11.8 Å². The van der Waals surface area contributed by atoms with E-state index in [2.05, 4.69) is 52.4 Å². The van der Waals surface area contributed by atoms with Crippen LogP contribution in [-0.4, -0.2) is 28.1 Å². The molecule has 2 aromatic rings. The van der Waals surface area contributed by atoms with Gasteiger partial charge in [-0.05, 0) is 17.2 Å². The van der Waals surface area contributed by atoms with Gasteiger partial charge in [-0.25, -0.2) is 0 Å². The molecular formula is C20H20N2OS. The van der Waals surface area contributed by atoms with Crippen molar-refractivity contribution in [3.63, 3.8) is 0 Å². The summed E-state index contributed by atoms with van der Waals surface area (Å²) in [7, 11) is 0. The molecule has 0 aromatic heterocycles. The first kappa shape index (κ1) is 15.5. The van der Waals surface area contributed by atoms with Crippen molar-refractivity contribution in [3.8, 4) is 0 Å². The number of benzene rings is 2. The fourth-order valence-electron chi connectivity index (χ4n) is 3.05. The third-order valence-corrected chi connectivity index (χ3v) is 5.47. The third kappa shape index (κ3) is 3.26. The van der Waals surface area contributed by atoms with Crippen LogP contribution in [-0.2, 0) is 6.54 Å². The largest absolute Gasteiger partial charge is 0.383 e. The zero-order chi connectivity index (χ0) is 16.4. The van der Waals surface area contributed by atoms with Gasteiger partial charge in [0.05, 0.1) is 11.7 Å². The quantitative estimate of drug-likeness (QED) is 0.915. The lowest BCUT2D eigenvalue weighted by Gasteiger charge is -2.31. The number of thioether (sulfide) groups is 1. The molecule has 0 radical (unpaired) electrons. The molecule has 4 heteroatoms. The molecule has 122 valence electrons.